The first-order valence-corrected chi connectivity index (χ1v) is 7.14. The Morgan fingerprint density at radius 3 is 2.29 bits per heavy atom. The standard InChI is InChI=1S/C19H21NO/c1-14-7-5-8-15(2)18(14)12-21-17-10-6-9-16(11-17)19(3,4)13-20/h5-11H,12H2,1-4H3. The molecule has 2 heteroatoms. The normalized spacial score (nSPS) is 11.0. The zero-order valence-corrected chi connectivity index (χ0v) is 13.1. The predicted octanol–water partition coefficient (Wildman–Crippen LogP) is 4.68. The number of hydrogen-bond donors (Lipinski definition) is 0. The van der Waals surface area contributed by atoms with Gasteiger partial charge in [0.15, 0.2) is 0 Å². The van der Waals surface area contributed by atoms with Crippen LogP contribution in [0.3, 0.4) is 0 Å². The third-order valence-electron chi connectivity index (χ3n) is 3.86. The molecule has 2 aromatic carbocycles. The zero-order valence-electron chi connectivity index (χ0n) is 13.1. The van der Waals surface area contributed by atoms with Gasteiger partial charge in [0.25, 0.3) is 0 Å². The molecule has 0 aromatic heterocycles. The van der Waals surface area contributed by atoms with E-state index < -0.39 is 5.41 Å². The molecule has 21 heavy (non-hydrogen) atoms. The number of nitrogens with zero attached hydrogens (tertiary/aromatic N) is 1. The fourth-order valence-electron chi connectivity index (χ4n) is 2.27. The Morgan fingerprint density at radius 1 is 1.05 bits per heavy atom. The Hall–Kier alpha value is -2.27. The van der Waals surface area contributed by atoms with Crippen molar-refractivity contribution >= 4 is 0 Å². The minimum absolute atomic E-state index is 0.502. The third kappa shape index (κ3) is 3.44. The molecule has 108 valence electrons. The van der Waals surface area contributed by atoms with Crippen LogP contribution in [0.15, 0.2) is 42.5 Å². The zero-order chi connectivity index (χ0) is 15.5. The number of hydrogen-bond acceptors (Lipinski definition) is 2. The summed E-state index contributed by atoms with van der Waals surface area (Å²) in [5.41, 5.74) is 4.18. The molecule has 0 bridgehead atoms. The van der Waals surface area contributed by atoms with E-state index in [4.69, 9.17) is 4.74 Å². The van der Waals surface area contributed by atoms with E-state index in [1.54, 1.807) is 0 Å². The summed E-state index contributed by atoms with van der Waals surface area (Å²) in [7, 11) is 0. The van der Waals surface area contributed by atoms with Crippen LogP contribution >= 0.6 is 0 Å². The van der Waals surface area contributed by atoms with Crippen LogP contribution < -0.4 is 4.74 Å². The average Bonchev–Trinajstić information content (AvgIpc) is 2.47. The summed E-state index contributed by atoms with van der Waals surface area (Å²) in [5.74, 6) is 0.804. The summed E-state index contributed by atoms with van der Waals surface area (Å²) in [6.45, 7) is 8.58. The average molecular weight is 279 g/mol. The molecule has 0 N–H and O–H groups in total. The van der Waals surface area contributed by atoms with E-state index in [0.717, 1.165) is 11.3 Å². The maximum Gasteiger partial charge on any atom is 0.120 e. The van der Waals surface area contributed by atoms with Crippen LogP contribution in [-0.2, 0) is 12.0 Å². The summed E-state index contributed by atoms with van der Waals surface area (Å²) in [4.78, 5) is 0. The fourth-order valence-corrected chi connectivity index (χ4v) is 2.27. The van der Waals surface area contributed by atoms with Gasteiger partial charge in [-0.15, -0.1) is 0 Å². The van der Waals surface area contributed by atoms with Crippen molar-refractivity contribution in [1.29, 1.82) is 5.26 Å². The smallest absolute Gasteiger partial charge is 0.120 e. The molecule has 2 aromatic rings. The van der Waals surface area contributed by atoms with Gasteiger partial charge in [0.2, 0.25) is 0 Å². The number of rotatable bonds is 4. The van der Waals surface area contributed by atoms with E-state index in [0.29, 0.717) is 6.61 Å². The maximum absolute atomic E-state index is 9.23. The highest BCUT2D eigenvalue weighted by Gasteiger charge is 2.19. The van der Waals surface area contributed by atoms with E-state index in [9.17, 15) is 5.26 Å². The lowest BCUT2D eigenvalue weighted by Gasteiger charge is -2.17. The third-order valence-corrected chi connectivity index (χ3v) is 3.86. The van der Waals surface area contributed by atoms with Gasteiger partial charge in [0, 0.05) is 0 Å². The Kier molecular flexibility index (Phi) is 4.33. The minimum atomic E-state index is -0.502. The summed E-state index contributed by atoms with van der Waals surface area (Å²) < 4.78 is 5.92. The van der Waals surface area contributed by atoms with E-state index >= 15 is 0 Å². The second kappa shape index (κ2) is 6.01. The van der Waals surface area contributed by atoms with Crippen molar-refractivity contribution in [2.75, 3.05) is 0 Å². The van der Waals surface area contributed by atoms with Gasteiger partial charge in [-0.25, -0.2) is 0 Å². The van der Waals surface area contributed by atoms with Gasteiger partial charge in [0.1, 0.15) is 12.4 Å². The molecule has 0 unspecified atom stereocenters. The van der Waals surface area contributed by atoms with Crippen LogP contribution in [0, 0.1) is 25.2 Å². The lowest BCUT2D eigenvalue weighted by atomic mass is 9.86. The van der Waals surface area contributed by atoms with Crippen LogP contribution in [0.25, 0.3) is 0 Å². The second-order valence-corrected chi connectivity index (χ2v) is 5.92. The van der Waals surface area contributed by atoms with Crippen molar-refractivity contribution in [3.05, 3.63) is 64.7 Å². The largest absolute Gasteiger partial charge is 0.489 e. The highest BCUT2D eigenvalue weighted by molar-refractivity contribution is 5.38. The van der Waals surface area contributed by atoms with Crippen LogP contribution in [-0.4, -0.2) is 0 Å². The highest BCUT2D eigenvalue weighted by Crippen LogP contribution is 2.26. The summed E-state index contributed by atoms with van der Waals surface area (Å²) >= 11 is 0. The van der Waals surface area contributed by atoms with Gasteiger partial charge < -0.3 is 4.74 Å². The Balaban J connectivity index is 2.18. The van der Waals surface area contributed by atoms with Crippen LogP contribution in [0.2, 0.25) is 0 Å². The summed E-state index contributed by atoms with van der Waals surface area (Å²) in [6, 6.07) is 16.4. The molecule has 0 saturated heterocycles. The van der Waals surface area contributed by atoms with Gasteiger partial charge in [-0.1, -0.05) is 30.3 Å². The molecule has 0 spiro atoms. The molecule has 0 heterocycles. The molecule has 0 fully saturated rings. The molecule has 0 aliphatic rings. The minimum Gasteiger partial charge on any atom is -0.489 e. The van der Waals surface area contributed by atoms with Gasteiger partial charge in [-0.05, 0) is 62.1 Å². The summed E-state index contributed by atoms with van der Waals surface area (Å²) in [6.07, 6.45) is 0. The molecule has 2 rings (SSSR count). The molecule has 0 amide bonds. The van der Waals surface area contributed by atoms with Gasteiger partial charge in [0.05, 0.1) is 11.5 Å². The van der Waals surface area contributed by atoms with Crippen LogP contribution in [0.5, 0.6) is 5.75 Å². The Labute approximate surface area is 127 Å². The molecular weight excluding hydrogens is 258 g/mol. The number of nitriles is 1. The van der Waals surface area contributed by atoms with Crippen LogP contribution in [0.4, 0.5) is 0 Å². The number of benzene rings is 2. The topological polar surface area (TPSA) is 33.0 Å². The van der Waals surface area contributed by atoms with Crippen molar-refractivity contribution in [2.45, 2.75) is 39.7 Å². The monoisotopic (exact) mass is 279 g/mol. The maximum atomic E-state index is 9.23. The van der Waals surface area contributed by atoms with Crippen molar-refractivity contribution in [1.82, 2.24) is 0 Å². The van der Waals surface area contributed by atoms with Crippen molar-refractivity contribution in [2.24, 2.45) is 0 Å². The number of aryl methyl sites for hydroxylation is 2. The first-order valence-electron chi connectivity index (χ1n) is 7.14. The molecule has 0 radical (unpaired) electrons. The Bertz CT molecular complexity index is 660. The van der Waals surface area contributed by atoms with Crippen molar-refractivity contribution in [3.8, 4) is 11.8 Å². The molecule has 2 nitrogen and oxygen atoms in total. The molecule has 0 aliphatic carbocycles. The first kappa shape index (κ1) is 15.1. The second-order valence-electron chi connectivity index (χ2n) is 5.92. The summed E-state index contributed by atoms with van der Waals surface area (Å²) in [5, 5.41) is 9.23. The lowest BCUT2D eigenvalue weighted by molar-refractivity contribution is 0.304. The van der Waals surface area contributed by atoms with Crippen molar-refractivity contribution in [3.63, 3.8) is 0 Å². The molecule has 0 aliphatic heterocycles. The molecular formula is C19H21NO. The SMILES string of the molecule is Cc1cccc(C)c1COc1cccc(C(C)(C)C#N)c1. The van der Waals surface area contributed by atoms with E-state index in [1.165, 1.54) is 16.7 Å². The van der Waals surface area contributed by atoms with Gasteiger partial charge >= 0.3 is 0 Å². The lowest BCUT2D eigenvalue weighted by Crippen LogP contribution is -2.13. The van der Waals surface area contributed by atoms with Crippen LogP contribution in [0.1, 0.15) is 36.1 Å². The quantitative estimate of drug-likeness (QED) is 0.813. The van der Waals surface area contributed by atoms with E-state index in [1.807, 2.05) is 38.1 Å². The van der Waals surface area contributed by atoms with Crippen molar-refractivity contribution < 1.29 is 4.74 Å². The fraction of sp³-hybridized carbons (Fsp3) is 0.316. The van der Waals surface area contributed by atoms with E-state index in [-0.39, 0.29) is 0 Å². The predicted molar refractivity (Wildman–Crippen MR) is 85.3 cm³/mol. The Morgan fingerprint density at radius 2 is 1.67 bits per heavy atom. The molecule has 0 atom stereocenters. The van der Waals surface area contributed by atoms with Gasteiger partial charge in [-0.2, -0.15) is 5.26 Å². The van der Waals surface area contributed by atoms with Gasteiger partial charge in [-0.3, -0.25) is 0 Å². The first-order chi connectivity index (χ1) is 9.94. The van der Waals surface area contributed by atoms with E-state index in [2.05, 4.69) is 38.1 Å². The molecule has 0 saturated carbocycles. The number of ether oxygens (including phenoxy) is 1. The highest BCUT2D eigenvalue weighted by atomic mass is 16.5.